The maximum absolute atomic E-state index is 11.3. The Morgan fingerprint density at radius 3 is 2.35 bits per heavy atom. The Morgan fingerprint density at radius 1 is 1.24 bits per heavy atom. The lowest BCUT2D eigenvalue weighted by atomic mass is 9.84. The van der Waals surface area contributed by atoms with E-state index in [-0.39, 0.29) is 5.97 Å². The van der Waals surface area contributed by atoms with Crippen molar-refractivity contribution >= 4 is 5.97 Å². The number of rotatable bonds is 2. The lowest BCUT2D eigenvalue weighted by molar-refractivity contribution is -0.163. The van der Waals surface area contributed by atoms with Crippen LogP contribution in [0.4, 0.5) is 0 Å². The number of carbonyl (C=O) groups excluding carboxylic acids is 1. The maximum Gasteiger partial charge on any atom is 0.303 e. The Bertz CT molecular complexity index is 380. The fourth-order valence-electron chi connectivity index (χ4n) is 2.45. The monoisotopic (exact) mass is 233 g/mol. The van der Waals surface area contributed by atoms with Crippen molar-refractivity contribution in [3.63, 3.8) is 0 Å². The van der Waals surface area contributed by atoms with Crippen molar-refractivity contribution in [1.82, 2.24) is 4.90 Å². The molecular weight excluding hydrogens is 214 g/mol. The molecule has 1 aliphatic heterocycles. The van der Waals surface area contributed by atoms with Gasteiger partial charge in [0, 0.05) is 32.9 Å². The molecule has 1 fully saturated rings. The smallest absolute Gasteiger partial charge is 0.303 e. The summed E-state index contributed by atoms with van der Waals surface area (Å²) in [5.74, 6) is -0.196. The van der Waals surface area contributed by atoms with Crippen LogP contribution in [0.25, 0.3) is 0 Å². The van der Waals surface area contributed by atoms with Crippen molar-refractivity contribution in [3.8, 4) is 0 Å². The van der Waals surface area contributed by atoms with Crippen LogP contribution >= 0.6 is 0 Å². The third-order valence-corrected chi connectivity index (χ3v) is 3.43. The first kappa shape index (κ1) is 12.1. The second kappa shape index (κ2) is 4.88. The van der Waals surface area contributed by atoms with E-state index in [1.165, 1.54) is 6.92 Å². The molecule has 0 radical (unpaired) electrons. The van der Waals surface area contributed by atoms with Gasteiger partial charge in [-0.3, -0.25) is 4.79 Å². The molecule has 0 aliphatic carbocycles. The highest BCUT2D eigenvalue weighted by molar-refractivity contribution is 5.67. The van der Waals surface area contributed by atoms with Gasteiger partial charge in [0.25, 0.3) is 0 Å². The fraction of sp³-hybridized carbons (Fsp3) is 0.500. The molecule has 1 aromatic rings. The third-order valence-electron chi connectivity index (χ3n) is 3.43. The second-order valence-corrected chi connectivity index (χ2v) is 4.76. The summed E-state index contributed by atoms with van der Waals surface area (Å²) in [6.07, 6.45) is 1.74. The Hall–Kier alpha value is -1.35. The number of benzene rings is 1. The van der Waals surface area contributed by atoms with Gasteiger partial charge in [-0.2, -0.15) is 0 Å². The van der Waals surface area contributed by atoms with Crippen molar-refractivity contribution < 1.29 is 9.53 Å². The van der Waals surface area contributed by atoms with Gasteiger partial charge in [-0.1, -0.05) is 30.3 Å². The van der Waals surface area contributed by atoms with Gasteiger partial charge in [0.2, 0.25) is 0 Å². The molecule has 0 spiro atoms. The van der Waals surface area contributed by atoms with Crippen LogP contribution in [0.2, 0.25) is 0 Å². The predicted octanol–water partition coefficient (Wildman–Crippen LogP) is 2.17. The van der Waals surface area contributed by atoms with Crippen LogP contribution in [0, 0.1) is 0 Å². The summed E-state index contributed by atoms with van der Waals surface area (Å²) in [6.45, 7) is 3.41. The van der Waals surface area contributed by atoms with Crippen molar-refractivity contribution in [1.29, 1.82) is 0 Å². The van der Waals surface area contributed by atoms with Crippen molar-refractivity contribution in [2.24, 2.45) is 0 Å². The van der Waals surface area contributed by atoms with E-state index in [1.54, 1.807) is 0 Å². The molecule has 0 atom stereocenters. The first-order valence-electron chi connectivity index (χ1n) is 6.06. The molecular formula is C14H19NO2. The highest BCUT2D eigenvalue weighted by Gasteiger charge is 2.38. The quantitative estimate of drug-likeness (QED) is 0.733. The zero-order chi connectivity index (χ0) is 12.3. The van der Waals surface area contributed by atoms with Gasteiger partial charge in [0.1, 0.15) is 5.60 Å². The number of piperidine rings is 1. The summed E-state index contributed by atoms with van der Waals surface area (Å²) in [7, 11) is 2.10. The number of likely N-dealkylation sites (tertiary alicyclic amines) is 1. The Morgan fingerprint density at radius 2 is 1.82 bits per heavy atom. The second-order valence-electron chi connectivity index (χ2n) is 4.76. The van der Waals surface area contributed by atoms with Crippen LogP contribution < -0.4 is 0 Å². The molecule has 1 aliphatic rings. The van der Waals surface area contributed by atoms with E-state index in [0.29, 0.717) is 0 Å². The van der Waals surface area contributed by atoms with E-state index in [4.69, 9.17) is 4.74 Å². The van der Waals surface area contributed by atoms with Crippen molar-refractivity contribution in [3.05, 3.63) is 35.9 Å². The van der Waals surface area contributed by atoms with E-state index < -0.39 is 5.60 Å². The first-order chi connectivity index (χ1) is 8.12. The summed E-state index contributed by atoms with van der Waals surface area (Å²) in [4.78, 5) is 13.6. The maximum atomic E-state index is 11.3. The number of hydrogen-bond acceptors (Lipinski definition) is 3. The van der Waals surface area contributed by atoms with E-state index >= 15 is 0 Å². The molecule has 0 bridgehead atoms. The lowest BCUT2D eigenvalue weighted by Crippen LogP contribution is -2.43. The zero-order valence-electron chi connectivity index (χ0n) is 10.5. The highest BCUT2D eigenvalue weighted by atomic mass is 16.6. The molecule has 0 amide bonds. The van der Waals surface area contributed by atoms with Crippen LogP contribution in [0.15, 0.2) is 30.3 Å². The summed E-state index contributed by atoms with van der Waals surface area (Å²) in [5.41, 5.74) is 0.697. The van der Waals surface area contributed by atoms with Gasteiger partial charge in [0.05, 0.1) is 0 Å². The lowest BCUT2D eigenvalue weighted by Gasteiger charge is -2.40. The predicted molar refractivity (Wildman–Crippen MR) is 66.6 cm³/mol. The van der Waals surface area contributed by atoms with Crippen LogP contribution in [-0.2, 0) is 15.1 Å². The number of nitrogens with zero attached hydrogens (tertiary/aromatic N) is 1. The third kappa shape index (κ3) is 2.67. The topological polar surface area (TPSA) is 29.5 Å². The van der Waals surface area contributed by atoms with Crippen LogP contribution in [-0.4, -0.2) is 31.0 Å². The van der Waals surface area contributed by atoms with E-state index in [9.17, 15) is 4.79 Å². The highest BCUT2D eigenvalue weighted by Crippen LogP contribution is 2.36. The minimum atomic E-state index is -0.417. The SMILES string of the molecule is CC(=O)OC1(c2ccccc2)CCN(C)CC1. The van der Waals surface area contributed by atoms with Gasteiger partial charge in [-0.25, -0.2) is 0 Å². The molecule has 0 N–H and O–H groups in total. The van der Waals surface area contributed by atoms with E-state index in [2.05, 4.69) is 11.9 Å². The number of carbonyl (C=O) groups is 1. The number of ether oxygens (including phenoxy) is 1. The van der Waals surface area contributed by atoms with Gasteiger partial charge >= 0.3 is 5.97 Å². The number of hydrogen-bond donors (Lipinski definition) is 0. The van der Waals surface area contributed by atoms with Crippen molar-refractivity contribution in [2.45, 2.75) is 25.4 Å². The largest absolute Gasteiger partial charge is 0.454 e. The Kier molecular flexibility index (Phi) is 3.48. The first-order valence-corrected chi connectivity index (χ1v) is 6.06. The molecule has 3 nitrogen and oxygen atoms in total. The molecule has 0 saturated carbocycles. The van der Waals surface area contributed by atoms with Crippen LogP contribution in [0.5, 0.6) is 0 Å². The van der Waals surface area contributed by atoms with Gasteiger partial charge in [-0.15, -0.1) is 0 Å². The van der Waals surface area contributed by atoms with Gasteiger partial charge < -0.3 is 9.64 Å². The fourth-order valence-corrected chi connectivity index (χ4v) is 2.45. The standard InChI is InChI=1S/C14H19NO2/c1-12(16)17-14(8-10-15(2)11-9-14)13-6-4-3-5-7-13/h3-7H,8-11H2,1-2H3. The molecule has 1 aromatic carbocycles. The molecule has 3 heteroatoms. The van der Waals surface area contributed by atoms with Crippen LogP contribution in [0.1, 0.15) is 25.3 Å². The van der Waals surface area contributed by atoms with E-state index in [1.807, 2.05) is 30.3 Å². The average Bonchev–Trinajstić information content (AvgIpc) is 2.33. The Labute approximate surface area is 102 Å². The molecule has 1 heterocycles. The van der Waals surface area contributed by atoms with Gasteiger partial charge in [0.15, 0.2) is 0 Å². The molecule has 2 rings (SSSR count). The molecule has 1 saturated heterocycles. The zero-order valence-corrected chi connectivity index (χ0v) is 10.5. The summed E-state index contributed by atoms with van der Waals surface area (Å²) >= 11 is 0. The number of esters is 1. The van der Waals surface area contributed by atoms with Crippen molar-refractivity contribution in [2.75, 3.05) is 20.1 Å². The molecule has 92 valence electrons. The average molecular weight is 233 g/mol. The summed E-state index contributed by atoms with van der Waals surface area (Å²) < 4.78 is 5.65. The minimum Gasteiger partial charge on any atom is -0.454 e. The Balaban J connectivity index is 2.27. The molecule has 0 unspecified atom stereocenters. The molecule has 17 heavy (non-hydrogen) atoms. The van der Waals surface area contributed by atoms with E-state index in [0.717, 1.165) is 31.5 Å². The van der Waals surface area contributed by atoms with Gasteiger partial charge in [-0.05, 0) is 12.6 Å². The van der Waals surface area contributed by atoms with Crippen LogP contribution in [0.3, 0.4) is 0 Å². The summed E-state index contributed by atoms with van der Waals surface area (Å²) in [6, 6.07) is 10.1. The molecule has 0 aromatic heterocycles. The minimum absolute atomic E-state index is 0.196. The normalized spacial score (nSPS) is 19.9. The summed E-state index contributed by atoms with van der Waals surface area (Å²) in [5, 5.41) is 0.